The number of Topliss-reactive ketones (excluding diaryl/α,β-unsaturated/α-hetero) is 1. The Balaban J connectivity index is 1.69. The number of hydrogen-bond acceptors (Lipinski definition) is 5. The smallest absolute Gasteiger partial charge is 0.342 e. The van der Waals surface area contributed by atoms with Gasteiger partial charge in [-0.1, -0.05) is 70.7 Å². The summed E-state index contributed by atoms with van der Waals surface area (Å²) in [6.07, 6.45) is 7.10. The lowest BCUT2D eigenvalue weighted by Gasteiger charge is -2.19. The summed E-state index contributed by atoms with van der Waals surface area (Å²) in [6.45, 7) is 2.18. The number of halogens is 4. The molecule has 1 aliphatic heterocycles. The molecule has 216 valence electrons. The fourth-order valence-electron chi connectivity index (χ4n) is 4.38. The summed E-state index contributed by atoms with van der Waals surface area (Å²) in [4.78, 5) is 25.7. The van der Waals surface area contributed by atoms with Crippen molar-refractivity contribution in [3.63, 3.8) is 0 Å². The van der Waals surface area contributed by atoms with Gasteiger partial charge in [0.1, 0.15) is 36.1 Å². The molecule has 0 saturated carbocycles. The molecule has 3 aromatic carbocycles. The van der Waals surface area contributed by atoms with E-state index in [1.165, 1.54) is 0 Å². The molecule has 0 N–H and O–H groups in total. The first kappa shape index (κ1) is 31.2. The molecule has 0 saturated heterocycles. The van der Waals surface area contributed by atoms with Gasteiger partial charge in [-0.25, -0.2) is 4.79 Å². The van der Waals surface area contributed by atoms with E-state index in [0.29, 0.717) is 74.8 Å². The van der Waals surface area contributed by atoms with Crippen molar-refractivity contribution in [3.05, 3.63) is 97.0 Å². The molecule has 0 fully saturated rings. The summed E-state index contributed by atoms with van der Waals surface area (Å²) in [5, 5.41) is 1.73. The standard InChI is InChI=1S/C32H30Cl4O5/c1-20-6-5-9-24(37)8-4-2-3-7-23-16-25(39-18-21-10-12-26(33)28(35)14-21)17-30(31(23)32(38)41-20)40-19-22-11-13-27(34)29(36)15-22/h3,7,10-17,20H,2,4-6,8-9,18-19H2,1H3/b7-3+/t20-/m1/s1. The number of ketones is 1. The van der Waals surface area contributed by atoms with E-state index in [1.54, 1.807) is 42.5 Å². The van der Waals surface area contributed by atoms with E-state index in [9.17, 15) is 9.59 Å². The largest absolute Gasteiger partial charge is 0.489 e. The number of carbonyl (C=O) groups is 2. The maximum atomic E-state index is 13.5. The van der Waals surface area contributed by atoms with Gasteiger partial charge in [0.05, 0.1) is 26.2 Å². The van der Waals surface area contributed by atoms with Crippen LogP contribution >= 0.6 is 46.4 Å². The third kappa shape index (κ3) is 9.14. The molecule has 1 atom stereocenters. The van der Waals surface area contributed by atoms with E-state index in [-0.39, 0.29) is 25.1 Å². The molecule has 0 bridgehead atoms. The molecule has 0 aliphatic carbocycles. The summed E-state index contributed by atoms with van der Waals surface area (Å²) in [6, 6.07) is 13.9. The Hall–Kier alpha value is -2.70. The predicted octanol–water partition coefficient (Wildman–Crippen LogP) is 9.94. The summed E-state index contributed by atoms with van der Waals surface area (Å²) in [5.41, 5.74) is 2.48. The fraction of sp³-hybridized carbons (Fsp3) is 0.312. The highest BCUT2D eigenvalue weighted by Gasteiger charge is 2.23. The first-order valence-corrected chi connectivity index (χ1v) is 14.9. The zero-order valence-electron chi connectivity index (χ0n) is 22.6. The van der Waals surface area contributed by atoms with Crippen molar-refractivity contribution >= 4 is 64.2 Å². The van der Waals surface area contributed by atoms with Gasteiger partial charge in [0.25, 0.3) is 0 Å². The second-order valence-corrected chi connectivity index (χ2v) is 11.5. The number of hydrogen-bond donors (Lipinski definition) is 0. The van der Waals surface area contributed by atoms with Crippen molar-refractivity contribution in [2.24, 2.45) is 0 Å². The van der Waals surface area contributed by atoms with Crippen molar-refractivity contribution in [2.75, 3.05) is 0 Å². The van der Waals surface area contributed by atoms with Crippen molar-refractivity contribution in [1.82, 2.24) is 0 Å². The van der Waals surface area contributed by atoms with Crippen molar-refractivity contribution < 1.29 is 23.8 Å². The molecular formula is C32H30Cl4O5. The zero-order chi connectivity index (χ0) is 29.4. The summed E-state index contributed by atoms with van der Waals surface area (Å²) in [7, 11) is 0. The Morgan fingerprint density at radius 2 is 1.44 bits per heavy atom. The van der Waals surface area contributed by atoms with Gasteiger partial charge in [0.15, 0.2) is 0 Å². The number of rotatable bonds is 6. The maximum Gasteiger partial charge on any atom is 0.342 e. The van der Waals surface area contributed by atoms with Gasteiger partial charge in [-0.05, 0) is 79.6 Å². The van der Waals surface area contributed by atoms with Gasteiger partial charge in [-0.3, -0.25) is 4.79 Å². The van der Waals surface area contributed by atoms with E-state index >= 15 is 0 Å². The average Bonchev–Trinajstić information content (AvgIpc) is 2.93. The lowest BCUT2D eigenvalue weighted by atomic mass is 10.0. The SMILES string of the molecule is C[C@@H]1CCCC(=O)CCC/C=C/c2cc(OCc3ccc(Cl)c(Cl)c3)cc(OCc3ccc(Cl)c(Cl)c3)c2C(=O)O1. The number of esters is 1. The third-order valence-electron chi connectivity index (χ3n) is 6.58. The Bertz CT molecular complexity index is 1440. The van der Waals surface area contributed by atoms with Crippen LogP contribution in [0.2, 0.25) is 20.1 Å². The third-order valence-corrected chi connectivity index (χ3v) is 8.05. The van der Waals surface area contributed by atoms with Crippen LogP contribution in [0.15, 0.2) is 54.6 Å². The first-order valence-electron chi connectivity index (χ1n) is 13.4. The topological polar surface area (TPSA) is 61.8 Å². The quantitative estimate of drug-likeness (QED) is 0.252. The van der Waals surface area contributed by atoms with E-state index < -0.39 is 5.97 Å². The minimum absolute atomic E-state index is 0.133. The highest BCUT2D eigenvalue weighted by atomic mass is 35.5. The van der Waals surface area contributed by atoms with Crippen LogP contribution in [-0.2, 0) is 22.7 Å². The van der Waals surface area contributed by atoms with Gasteiger partial charge < -0.3 is 14.2 Å². The van der Waals surface area contributed by atoms with Crippen LogP contribution in [0.1, 0.15) is 72.5 Å². The molecular weight excluding hydrogens is 606 g/mol. The molecule has 0 radical (unpaired) electrons. The average molecular weight is 636 g/mol. The molecule has 41 heavy (non-hydrogen) atoms. The number of carbonyl (C=O) groups excluding carboxylic acids is 2. The first-order chi connectivity index (χ1) is 19.7. The molecule has 3 aromatic rings. The van der Waals surface area contributed by atoms with E-state index in [2.05, 4.69) is 0 Å². The Morgan fingerprint density at radius 1 is 0.805 bits per heavy atom. The van der Waals surface area contributed by atoms with E-state index in [0.717, 1.165) is 17.5 Å². The Kier molecular flexibility index (Phi) is 11.4. The van der Waals surface area contributed by atoms with Gasteiger partial charge in [-0.2, -0.15) is 0 Å². The summed E-state index contributed by atoms with van der Waals surface area (Å²) in [5.74, 6) is 0.508. The number of allylic oxidation sites excluding steroid dienone is 1. The molecule has 0 aromatic heterocycles. The van der Waals surface area contributed by atoms with Gasteiger partial charge in [-0.15, -0.1) is 0 Å². The molecule has 1 aliphatic rings. The number of benzene rings is 3. The normalized spacial score (nSPS) is 17.2. The van der Waals surface area contributed by atoms with Crippen LogP contribution in [0.5, 0.6) is 11.5 Å². The van der Waals surface area contributed by atoms with Crippen LogP contribution < -0.4 is 9.47 Å². The predicted molar refractivity (Wildman–Crippen MR) is 165 cm³/mol. The Labute approximate surface area is 260 Å². The lowest BCUT2D eigenvalue weighted by molar-refractivity contribution is -0.119. The highest BCUT2D eigenvalue weighted by molar-refractivity contribution is 6.42. The van der Waals surface area contributed by atoms with Gasteiger partial charge >= 0.3 is 5.97 Å². The van der Waals surface area contributed by atoms with Crippen LogP contribution in [0.4, 0.5) is 0 Å². The molecule has 1 heterocycles. The van der Waals surface area contributed by atoms with Crippen molar-refractivity contribution in [2.45, 2.75) is 64.8 Å². The van der Waals surface area contributed by atoms with Crippen molar-refractivity contribution in [1.29, 1.82) is 0 Å². The maximum absolute atomic E-state index is 13.5. The lowest BCUT2D eigenvalue weighted by Crippen LogP contribution is -2.18. The van der Waals surface area contributed by atoms with Crippen molar-refractivity contribution in [3.8, 4) is 11.5 Å². The summed E-state index contributed by atoms with van der Waals surface area (Å²) < 4.78 is 18.1. The minimum atomic E-state index is -0.513. The van der Waals surface area contributed by atoms with E-state index in [4.69, 9.17) is 60.6 Å². The van der Waals surface area contributed by atoms with Crippen LogP contribution in [0.25, 0.3) is 6.08 Å². The van der Waals surface area contributed by atoms with Gasteiger partial charge in [0.2, 0.25) is 0 Å². The zero-order valence-corrected chi connectivity index (χ0v) is 25.6. The number of cyclic esters (lactones) is 1. The fourth-order valence-corrected chi connectivity index (χ4v) is 5.03. The Morgan fingerprint density at radius 3 is 2.10 bits per heavy atom. The second kappa shape index (κ2) is 15.0. The van der Waals surface area contributed by atoms with Crippen LogP contribution in [0.3, 0.4) is 0 Å². The number of fused-ring (bicyclic) bond motifs is 1. The minimum Gasteiger partial charge on any atom is -0.489 e. The molecule has 0 unspecified atom stereocenters. The number of ether oxygens (including phenoxy) is 3. The summed E-state index contributed by atoms with van der Waals surface area (Å²) >= 11 is 24.5. The highest BCUT2D eigenvalue weighted by Crippen LogP contribution is 2.34. The molecule has 5 nitrogen and oxygen atoms in total. The molecule has 4 rings (SSSR count). The molecule has 0 amide bonds. The van der Waals surface area contributed by atoms with Crippen LogP contribution in [-0.4, -0.2) is 17.9 Å². The molecule has 9 heteroatoms. The van der Waals surface area contributed by atoms with Crippen LogP contribution in [0, 0.1) is 0 Å². The molecule has 0 spiro atoms. The monoisotopic (exact) mass is 634 g/mol. The van der Waals surface area contributed by atoms with E-state index in [1.807, 2.05) is 25.1 Å². The van der Waals surface area contributed by atoms with Gasteiger partial charge in [0, 0.05) is 18.9 Å². The second-order valence-electron chi connectivity index (χ2n) is 9.90.